The lowest BCUT2D eigenvalue weighted by atomic mass is 10.1. The lowest BCUT2D eigenvalue weighted by Crippen LogP contribution is -2.34. The molecule has 1 unspecified atom stereocenters. The van der Waals surface area contributed by atoms with Crippen LogP contribution in [0.3, 0.4) is 0 Å². The fourth-order valence-corrected chi connectivity index (χ4v) is 3.20. The molecule has 3 rings (SSSR count). The third-order valence-electron chi connectivity index (χ3n) is 4.75. The number of aliphatic carboxylic acids is 1. The van der Waals surface area contributed by atoms with Crippen molar-refractivity contribution in [2.24, 2.45) is 0 Å². The first kappa shape index (κ1) is 23.5. The highest BCUT2D eigenvalue weighted by molar-refractivity contribution is 5.79. The third-order valence-corrected chi connectivity index (χ3v) is 4.75. The monoisotopic (exact) mass is 448 g/mol. The van der Waals surface area contributed by atoms with Crippen LogP contribution in [0, 0.1) is 18.3 Å². The summed E-state index contributed by atoms with van der Waals surface area (Å²) in [6.07, 6.45) is 0.707. The van der Waals surface area contributed by atoms with Gasteiger partial charge in [-0.05, 0) is 49.2 Å². The molecule has 2 aromatic carbocycles. The van der Waals surface area contributed by atoms with Crippen molar-refractivity contribution in [3.05, 3.63) is 71.4 Å². The fourth-order valence-electron chi connectivity index (χ4n) is 3.20. The van der Waals surface area contributed by atoms with Gasteiger partial charge in [0.15, 0.2) is 6.61 Å². The van der Waals surface area contributed by atoms with Crippen LogP contribution in [-0.2, 0) is 20.9 Å². The van der Waals surface area contributed by atoms with Crippen LogP contribution in [0.5, 0.6) is 5.75 Å². The molecule has 0 bridgehead atoms. The first-order chi connectivity index (χ1) is 15.9. The van der Waals surface area contributed by atoms with Crippen LogP contribution in [-0.4, -0.2) is 40.0 Å². The van der Waals surface area contributed by atoms with E-state index < -0.39 is 18.8 Å². The van der Waals surface area contributed by atoms with Gasteiger partial charge in [-0.1, -0.05) is 24.3 Å². The van der Waals surface area contributed by atoms with Crippen LogP contribution in [0.15, 0.2) is 54.7 Å². The smallest absolute Gasteiger partial charge is 0.341 e. The number of aromatic nitrogens is 2. The Morgan fingerprint density at radius 2 is 1.94 bits per heavy atom. The molecule has 0 aliphatic carbocycles. The third kappa shape index (κ3) is 5.96. The zero-order chi connectivity index (χ0) is 23.8. The first-order valence-electron chi connectivity index (χ1n) is 10.3. The summed E-state index contributed by atoms with van der Waals surface area (Å²) < 4.78 is 12.5. The molecule has 0 fully saturated rings. The van der Waals surface area contributed by atoms with Gasteiger partial charge in [-0.2, -0.15) is 10.4 Å². The number of nitrogens with one attached hydrogen (secondary N) is 1. The molecule has 9 heteroatoms. The number of carboxylic acid groups (broad SMARTS) is 1. The molecule has 3 aromatic rings. The normalized spacial score (nSPS) is 11.4. The summed E-state index contributed by atoms with van der Waals surface area (Å²) in [5.41, 5.74) is 3.33. The molecule has 0 radical (unpaired) electrons. The average molecular weight is 448 g/mol. The number of ether oxygens (including phenoxy) is 2. The number of nitrogens with zero attached hydrogens (tertiary/aromatic N) is 3. The van der Waals surface area contributed by atoms with Crippen molar-refractivity contribution in [2.45, 2.75) is 26.6 Å². The second kappa shape index (κ2) is 10.9. The number of amides is 1. The van der Waals surface area contributed by atoms with Gasteiger partial charge in [-0.15, -0.1) is 0 Å². The van der Waals surface area contributed by atoms with Gasteiger partial charge in [0.05, 0.1) is 17.3 Å². The largest absolute Gasteiger partial charge is 0.481 e. The lowest BCUT2D eigenvalue weighted by Gasteiger charge is -2.17. The van der Waals surface area contributed by atoms with Crippen molar-refractivity contribution in [2.75, 3.05) is 13.2 Å². The number of para-hydroxylation sites is 1. The maximum atomic E-state index is 12.9. The van der Waals surface area contributed by atoms with E-state index in [2.05, 4.69) is 16.5 Å². The van der Waals surface area contributed by atoms with Gasteiger partial charge in [-0.25, -0.2) is 9.48 Å². The lowest BCUT2D eigenvalue weighted by molar-refractivity contribution is -0.140. The molecule has 1 heterocycles. The maximum absolute atomic E-state index is 12.9. The van der Waals surface area contributed by atoms with E-state index in [9.17, 15) is 9.59 Å². The van der Waals surface area contributed by atoms with Crippen LogP contribution in [0.25, 0.3) is 11.3 Å². The van der Waals surface area contributed by atoms with E-state index in [0.29, 0.717) is 29.2 Å². The number of carbonyl (C=O) groups excluding carboxylic acids is 1. The van der Waals surface area contributed by atoms with E-state index >= 15 is 0 Å². The average Bonchev–Trinajstić information content (AvgIpc) is 3.21. The molecule has 2 N–H and O–H groups in total. The van der Waals surface area contributed by atoms with Crippen molar-refractivity contribution in [1.82, 2.24) is 15.1 Å². The number of hydrogen-bond acceptors (Lipinski definition) is 6. The quantitative estimate of drug-likeness (QED) is 0.488. The molecule has 9 nitrogen and oxygen atoms in total. The van der Waals surface area contributed by atoms with E-state index in [-0.39, 0.29) is 12.5 Å². The number of nitriles is 1. The standard InChI is InChI=1S/C24H24N4O5/c1-3-32-24(23(31)26-13-18-10-8-17(12-25)9-11-18)28-14-16(2)22(27-28)19-6-4-5-7-20(19)33-15-21(29)30/h4-11,14,24H,3,13,15H2,1-2H3,(H,26,31)(H,29,30). The van der Waals surface area contributed by atoms with E-state index in [1.54, 1.807) is 61.7 Å². The molecule has 0 aliphatic heterocycles. The first-order valence-corrected chi connectivity index (χ1v) is 10.3. The molecular weight excluding hydrogens is 424 g/mol. The van der Waals surface area contributed by atoms with Gasteiger partial charge in [0.1, 0.15) is 5.75 Å². The topological polar surface area (TPSA) is 126 Å². The zero-order valence-corrected chi connectivity index (χ0v) is 18.3. The predicted molar refractivity (Wildman–Crippen MR) is 119 cm³/mol. The Morgan fingerprint density at radius 1 is 1.21 bits per heavy atom. The van der Waals surface area contributed by atoms with Crippen LogP contribution in [0.1, 0.15) is 29.8 Å². The summed E-state index contributed by atoms with van der Waals surface area (Å²) in [6, 6.07) is 16.0. The minimum atomic E-state index is -1.08. The molecule has 0 saturated heterocycles. The van der Waals surface area contributed by atoms with Gasteiger partial charge >= 0.3 is 5.97 Å². The van der Waals surface area contributed by atoms with Crippen molar-refractivity contribution in [3.8, 4) is 23.1 Å². The number of carboxylic acids is 1. The predicted octanol–water partition coefficient (Wildman–Crippen LogP) is 3.05. The molecule has 0 saturated carbocycles. The molecule has 0 aliphatic rings. The molecule has 1 aromatic heterocycles. The van der Waals surface area contributed by atoms with Gasteiger partial charge < -0.3 is 19.9 Å². The number of aryl methyl sites for hydroxylation is 1. The van der Waals surface area contributed by atoms with Gasteiger partial charge in [0.2, 0.25) is 6.23 Å². The van der Waals surface area contributed by atoms with Crippen LogP contribution in [0.2, 0.25) is 0 Å². The minimum absolute atomic E-state index is 0.271. The second-order valence-electron chi connectivity index (χ2n) is 7.15. The van der Waals surface area contributed by atoms with Gasteiger partial charge in [-0.3, -0.25) is 4.79 Å². The Bertz CT molecular complexity index is 1160. The Labute approximate surface area is 191 Å². The van der Waals surface area contributed by atoms with Crippen LogP contribution < -0.4 is 10.1 Å². The Hall–Kier alpha value is -4.16. The highest BCUT2D eigenvalue weighted by atomic mass is 16.5. The number of benzene rings is 2. The molecular formula is C24H24N4O5. The second-order valence-corrected chi connectivity index (χ2v) is 7.15. The van der Waals surface area contributed by atoms with Gasteiger partial charge in [0.25, 0.3) is 5.91 Å². The maximum Gasteiger partial charge on any atom is 0.341 e. The summed E-state index contributed by atoms with van der Waals surface area (Å²) in [7, 11) is 0. The Morgan fingerprint density at radius 3 is 2.61 bits per heavy atom. The van der Waals surface area contributed by atoms with Crippen LogP contribution in [0.4, 0.5) is 0 Å². The van der Waals surface area contributed by atoms with Crippen molar-refractivity contribution in [3.63, 3.8) is 0 Å². The molecule has 0 spiro atoms. The van der Waals surface area contributed by atoms with E-state index in [4.69, 9.17) is 19.8 Å². The SMILES string of the molecule is CCOC(C(=O)NCc1ccc(C#N)cc1)n1cc(C)c(-c2ccccc2OCC(=O)O)n1. The summed E-state index contributed by atoms with van der Waals surface area (Å²) in [6.45, 7) is 3.71. The number of carbonyl (C=O) groups is 2. The summed E-state index contributed by atoms with van der Waals surface area (Å²) in [4.78, 5) is 23.8. The van der Waals surface area contributed by atoms with E-state index in [1.807, 2.05) is 6.92 Å². The highest BCUT2D eigenvalue weighted by Crippen LogP contribution is 2.31. The molecule has 33 heavy (non-hydrogen) atoms. The summed E-state index contributed by atoms with van der Waals surface area (Å²) in [5, 5.41) is 25.2. The summed E-state index contributed by atoms with van der Waals surface area (Å²) >= 11 is 0. The Kier molecular flexibility index (Phi) is 7.78. The molecule has 1 atom stereocenters. The number of rotatable bonds is 10. The zero-order valence-electron chi connectivity index (χ0n) is 18.3. The molecule has 1 amide bonds. The molecule has 170 valence electrons. The number of hydrogen-bond donors (Lipinski definition) is 2. The van der Waals surface area contributed by atoms with E-state index in [1.165, 1.54) is 4.68 Å². The van der Waals surface area contributed by atoms with Crippen molar-refractivity contribution in [1.29, 1.82) is 5.26 Å². The summed E-state index contributed by atoms with van der Waals surface area (Å²) in [5.74, 6) is -1.07. The van der Waals surface area contributed by atoms with E-state index in [0.717, 1.165) is 11.1 Å². The highest BCUT2D eigenvalue weighted by Gasteiger charge is 2.24. The minimum Gasteiger partial charge on any atom is -0.481 e. The Balaban J connectivity index is 1.80. The van der Waals surface area contributed by atoms with Gasteiger partial charge in [0, 0.05) is 24.9 Å². The fraction of sp³-hybridized carbons (Fsp3) is 0.250. The van der Waals surface area contributed by atoms with Crippen molar-refractivity contribution >= 4 is 11.9 Å². The van der Waals surface area contributed by atoms with Crippen molar-refractivity contribution < 1.29 is 24.2 Å². The van der Waals surface area contributed by atoms with Crippen LogP contribution >= 0.6 is 0 Å².